The van der Waals surface area contributed by atoms with Crippen molar-refractivity contribution in [1.29, 1.82) is 0 Å². The van der Waals surface area contributed by atoms with Crippen LogP contribution in [0.25, 0.3) is 11.4 Å². The number of halogens is 4. The van der Waals surface area contributed by atoms with Gasteiger partial charge in [0.1, 0.15) is 0 Å². The molecule has 0 N–H and O–H groups in total. The van der Waals surface area contributed by atoms with E-state index in [1.165, 1.54) is 22.5 Å². The minimum absolute atomic E-state index is 0.0168. The second-order valence-electron chi connectivity index (χ2n) is 6.96. The van der Waals surface area contributed by atoms with E-state index in [-0.39, 0.29) is 41.2 Å². The third-order valence-electron chi connectivity index (χ3n) is 4.86. The van der Waals surface area contributed by atoms with Gasteiger partial charge in [0.15, 0.2) is 0 Å². The van der Waals surface area contributed by atoms with Gasteiger partial charge in [-0.2, -0.15) is 22.5 Å². The Balaban J connectivity index is 1.50. The van der Waals surface area contributed by atoms with Crippen molar-refractivity contribution in [3.8, 4) is 11.4 Å². The summed E-state index contributed by atoms with van der Waals surface area (Å²) in [5.41, 5.74) is -0.0743. The largest absolute Gasteiger partial charge is 0.416 e. The topological polar surface area (TPSA) is 76.3 Å². The lowest BCUT2D eigenvalue weighted by atomic mass is 10.0. The number of nitrogens with zero attached hydrogens (tertiary/aromatic N) is 3. The first kappa shape index (κ1) is 20.8. The van der Waals surface area contributed by atoms with E-state index in [1.54, 1.807) is 19.1 Å². The van der Waals surface area contributed by atoms with Crippen LogP contribution in [-0.2, 0) is 16.2 Å². The average molecular weight is 458 g/mol. The third kappa shape index (κ3) is 3.82. The van der Waals surface area contributed by atoms with Crippen molar-refractivity contribution < 1.29 is 26.1 Å². The van der Waals surface area contributed by atoms with Crippen LogP contribution in [0.2, 0.25) is 5.02 Å². The van der Waals surface area contributed by atoms with Crippen molar-refractivity contribution >= 4 is 21.6 Å². The van der Waals surface area contributed by atoms with Crippen LogP contribution in [0.4, 0.5) is 13.2 Å². The van der Waals surface area contributed by atoms with Gasteiger partial charge in [0.25, 0.3) is 0 Å². The van der Waals surface area contributed by atoms with Gasteiger partial charge in [-0.3, -0.25) is 0 Å². The molecule has 4 rings (SSSR count). The highest BCUT2D eigenvalue weighted by Crippen LogP contribution is 2.35. The molecular formula is C19H15ClF3N3O3S. The van der Waals surface area contributed by atoms with Crippen LogP contribution in [0.1, 0.15) is 22.9 Å². The Morgan fingerprint density at radius 1 is 1.17 bits per heavy atom. The summed E-state index contributed by atoms with van der Waals surface area (Å²) in [7, 11) is -3.73. The molecule has 0 spiro atoms. The molecule has 0 bridgehead atoms. The Labute approximate surface area is 175 Å². The summed E-state index contributed by atoms with van der Waals surface area (Å²) in [6, 6.07) is 9.25. The van der Waals surface area contributed by atoms with Crippen molar-refractivity contribution in [2.24, 2.45) is 0 Å². The van der Waals surface area contributed by atoms with Crippen LogP contribution >= 0.6 is 11.6 Å². The number of rotatable bonds is 4. The Hall–Kier alpha value is -2.43. The minimum atomic E-state index is -4.48. The number of hydrogen-bond acceptors (Lipinski definition) is 5. The molecule has 0 radical (unpaired) electrons. The zero-order valence-electron chi connectivity index (χ0n) is 15.5. The molecule has 0 atom stereocenters. The highest BCUT2D eigenvalue weighted by atomic mass is 35.5. The monoisotopic (exact) mass is 457 g/mol. The van der Waals surface area contributed by atoms with E-state index in [4.69, 9.17) is 16.1 Å². The van der Waals surface area contributed by atoms with E-state index in [0.717, 1.165) is 12.1 Å². The molecule has 3 aromatic rings. The van der Waals surface area contributed by atoms with Crippen molar-refractivity contribution in [2.75, 3.05) is 13.1 Å². The molecule has 158 valence electrons. The maximum atomic E-state index is 12.9. The standard InChI is InChI=1S/C19H15ClF3N3O3S/c1-11-5-6-15(20)8-16(11)30(27,28)26-9-13(10-26)18-24-17(25-29-18)12-3-2-4-14(7-12)19(21,22)23/h2-8,13H,9-10H2,1H3. The minimum Gasteiger partial charge on any atom is -0.339 e. The fourth-order valence-electron chi connectivity index (χ4n) is 3.13. The SMILES string of the molecule is Cc1ccc(Cl)cc1S(=O)(=O)N1CC(c2nc(-c3cccc(C(F)(F)F)c3)no2)C1. The van der Waals surface area contributed by atoms with Gasteiger partial charge in [0, 0.05) is 23.7 Å². The maximum absolute atomic E-state index is 12.9. The highest BCUT2D eigenvalue weighted by Gasteiger charge is 2.41. The molecule has 2 aromatic carbocycles. The van der Waals surface area contributed by atoms with Crippen LogP contribution < -0.4 is 0 Å². The van der Waals surface area contributed by atoms with E-state index < -0.39 is 21.8 Å². The summed E-state index contributed by atoms with van der Waals surface area (Å²) in [5, 5.41) is 4.06. The smallest absolute Gasteiger partial charge is 0.339 e. The second-order valence-corrected chi connectivity index (χ2v) is 9.31. The summed E-state index contributed by atoms with van der Waals surface area (Å²) in [5.74, 6) is -0.147. The van der Waals surface area contributed by atoms with Crippen molar-refractivity contribution in [1.82, 2.24) is 14.4 Å². The van der Waals surface area contributed by atoms with Gasteiger partial charge in [-0.25, -0.2) is 8.42 Å². The van der Waals surface area contributed by atoms with Gasteiger partial charge in [-0.15, -0.1) is 0 Å². The van der Waals surface area contributed by atoms with Crippen molar-refractivity contribution in [3.05, 3.63) is 64.5 Å². The first-order valence-electron chi connectivity index (χ1n) is 8.83. The maximum Gasteiger partial charge on any atom is 0.416 e. The molecule has 1 aliphatic rings. The van der Waals surface area contributed by atoms with E-state index in [1.807, 2.05) is 0 Å². The van der Waals surface area contributed by atoms with E-state index in [2.05, 4.69) is 10.1 Å². The molecule has 0 amide bonds. The van der Waals surface area contributed by atoms with Gasteiger partial charge in [-0.1, -0.05) is 35.0 Å². The summed E-state index contributed by atoms with van der Waals surface area (Å²) in [6.45, 7) is 1.93. The molecule has 2 heterocycles. The molecule has 1 aromatic heterocycles. The van der Waals surface area contributed by atoms with Gasteiger partial charge >= 0.3 is 6.18 Å². The van der Waals surface area contributed by atoms with Crippen LogP contribution in [-0.4, -0.2) is 36.0 Å². The summed E-state index contributed by atoms with van der Waals surface area (Å²) >= 11 is 5.93. The Morgan fingerprint density at radius 2 is 1.90 bits per heavy atom. The van der Waals surface area contributed by atoms with Crippen LogP contribution in [0, 0.1) is 6.92 Å². The van der Waals surface area contributed by atoms with Crippen molar-refractivity contribution in [3.63, 3.8) is 0 Å². The first-order valence-corrected chi connectivity index (χ1v) is 10.6. The zero-order chi connectivity index (χ0) is 21.7. The Morgan fingerprint density at radius 3 is 2.60 bits per heavy atom. The fourth-order valence-corrected chi connectivity index (χ4v) is 5.15. The second kappa shape index (κ2) is 7.36. The lowest BCUT2D eigenvalue weighted by Gasteiger charge is -2.36. The van der Waals surface area contributed by atoms with E-state index in [0.29, 0.717) is 10.6 Å². The molecule has 1 fully saturated rings. The van der Waals surface area contributed by atoms with Crippen LogP contribution in [0.3, 0.4) is 0 Å². The van der Waals surface area contributed by atoms with E-state index >= 15 is 0 Å². The molecule has 11 heteroatoms. The van der Waals surface area contributed by atoms with E-state index in [9.17, 15) is 21.6 Å². The summed E-state index contributed by atoms with van der Waals surface area (Å²) in [4.78, 5) is 4.29. The van der Waals surface area contributed by atoms with Gasteiger partial charge in [0.05, 0.1) is 16.4 Å². The lowest BCUT2D eigenvalue weighted by molar-refractivity contribution is -0.137. The molecule has 1 saturated heterocycles. The number of sulfonamides is 1. The normalized spacial score (nSPS) is 15.9. The Kier molecular flexibility index (Phi) is 5.11. The molecule has 1 aliphatic heterocycles. The number of benzene rings is 2. The number of aryl methyl sites for hydroxylation is 1. The molecule has 0 saturated carbocycles. The zero-order valence-corrected chi connectivity index (χ0v) is 17.1. The van der Waals surface area contributed by atoms with Gasteiger partial charge < -0.3 is 4.52 Å². The first-order chi connectivity index (χ1) is 14.1. The third-order valence-corrected chi connectivity index (χ3v) is 7.06. The fraction of sp³-hybridized carbons (Fsp3) is 0.263. The molecule has 30 heavy (non-hydrogen) atoms. The quantitative estimate of drug-likeness (QED) is 0.576. The molecule has 0 unspecified atom stereocenters. The summed E-state index contributed by atoms with van der Waals surface area (Å²) in [6.07, 6.45) is -4.48. The molecular weight excluding hydrogens is 443 g/mol. The number of aromatic nitrogens is 2. The predicted octanol–water partition coefficient (Wildman–Crippen LogP) is 4.51. The van der Waals surface area contributed by atoms with Crippen LogP contribution in [0.15, 0.2) is 51.9 Å². The number of alkyl halides is 3. The average Bonchev–Trinajstić information content (AvgIpc) is 3.11. The predicted molar refractivity (Wildman–Crippen MR) is 102 cm³/mol. The van der Waals surface area contributed by atoms with Gasteiger partial charge in [0.2, 0.25) is 21.7 Å². The lowest BCUT2D eigenvalue weighted by Crippen LogP contribution is -2.48. The summed E-state index contributed by atoms with van der Waals surface area (Å²) < 4.78 is 70.8. The van der Waals surface area contributed by atoms with Crippen molar-refractivity contribution in [2.45, 2.75) is 23.9 Å². The number of hydrogen-bond donors (Lipinski definition) is 0. The molecule has 0 aliphatic carbocycles. The van der Waals surface area contributed by atoms with Gasteiger partial charge in [-0.05, 0) is 36.8 Å². The Bertz CT molecular complexity index is 1200. The highest BCUT2D eigenvalue weighted by molar-refractivity contribution is 7.89. The van der Waals surface area contributed by atoms with Crippen LogP contribution in [0.5, 0.6) is 0 Å². The molecule has 6 nitrogen and oxygen atoms in total.